The van der Waals surface area contributed by atoms with E-state index in [1.165, 1.54) is 30.1 Å². The van der Waals surface area contributed by atoms with Gasteiger partial charge in [0.1, 0.15) is 25.0 Å². The molecule has 1 amide bonds. The van der Waals surface area contributed by atoms with Crippen LogP contribution in [0.2, 0.25) is 0 Å². The van der Waals surface area contributed by atoms with Crippen LogP contribution < -0.4 is 20.3 Å². The van der Waals surface area contributed by atoms with Gasteiger partial charge in [0.15, 0.2) is 11.6 Å². The molecular weight excluding hydrogens is 504 g/mol. The molecule has 3 aromatic rings. The summed E-state index contributed by atoms with van der Waals surface area (Å²) in [5.74, 6) is 1.15. The number of anilines is 2. The van der Waals surface area contributed by atoms with Gasteiger partial charge in [0.05, 0.1) is 17.9 Å². The highest BCUT2D eigenvalue weighted by Gasteiger charge is 2.44. The maximum Gasteiger partial charge on any atom is 0.228 e. The molecule has 0 aliphatic carbocycles. The molecule has 0 saturated carbocycles. The van der Waals surface area contributed by atoms with Crippen LogP contribution in [-0.2, 0) is 22.3 Å². The number of fused-ring (bicyclic) bond motifs is 1. The summed E-state index contributed by atoms with van der Waals surface area (Å²) in [6.07, 6.45) is 5.74. The van der Waals surface area contributed by atoms with Crippen molar-refractivity contribution in [2.24, 2.45) is 5.41 Å². The molecule has 10 heteroatoms. The number of nitrogens with one attached hydrogen (secondary N) is 1. The summed E-state index contributed by atoms with van der Waals surface area (Å²) in [5, 5.41) is 3.31. The molecule has 0 radical (unpaired) electrons. The molecule has 3 aliphatic rings. The number of halogens is 1. The van der Waals surface area contributed by atoms with E-state index in [0.717, 1.165) is 56.8 Å². The Hall–Kier alpha value is -3.29. The molecule has 1 aromatic heterocycles. The minimum absolute atomic E-state index is 0.0606. The van der Waals surface area contributed by atoms with Crippen molar-refractivity contribution < 1.29 is 18.5 Å². The normalized spacial score (nSPS) is 21.2. The average Bonchev–Trinajstić information content (AvgIpc) is 3.58. The van der Waals surface area contributed by atoms with Crippen molar-refractivity contribution in [1.29, 1.82) is 0 Å². The van der Waals surface area contributed by atoms with E-state index in [1.54, 1.807) is 19.5 Å². The lowest BCUT2D eigenvalue weighted by molar-refractivity contribution is -0.115. The molecule has 38 heavy (non-hydrogen) atoms. The molecule has 1 atom stereocenters. The van der Waals surface area contributed by atoms with Crippen molar-refractivity contribution in [1.82, 2.24) is 14.9 Å². The van der Waals surface area contributed by atoms with E-state index in [9.17, 15) is 13.8 Å². The van der Waals surface area contributed by atoms with Crippen molar-refractivity contribution in [2.75, 3.05) is 49.7 Å². The first-order chi connectivity index (χ1) is 18.2. The molecule has 1 spiro atoms. The Morgan fingerprint density at radius 3 is 2.79 bits per heavy atom. The first kappa shape index (κ1) is 25.0. The maximum absolute atomic E-state index is 13.9. The Morgan fingerprint density at radius 2 is 1.95 bits per heavy atom. The lowest BCUT2D eigenvalue weighted by Crippen LogP contribution is -2.31. The zero-order valence-electron chi connectivity index (χ0n) is 21.6. The van der Waals surface area contributed by atoms with E-state index in [4.69, 9.17) is 4.74 Å². The number of hydrogen-bond donors (Lipinski definition) is 1. The first-order valence-electron chi connectivity index (χ1n) is 12.9. The fourth-order valence-corrected chi connectivity index (χ4v) is 7.05. The smallest absolute Gasteiger partial charge is 0.228 e. The van der Waals surface area contributed by atoms with E-state index < -0.39 is 13.0 Å². The van der Waals surface area contributed by atoms with Crippen LogP contribution in [0.1, 0.15) is 24.0 Å². The van der Waals surface area contributed by atoms with Crippen molar-refractivity contribution in [2.45, 2.75) is 25.8 Å². The van der Waals surface area contributed by atoms with E-state index in [-0.39, 0.29) is 11.3 Å². The third kappa shape index (κ3) is 4.93. The Labute approximate surface area is 221 Å². The van der Waals surface area contributed by atoms with Crippen molar-refractivity contribution in [3.05, 3.63) is 65.9 Å². The van der Waals surface area contributed by atoms with Gasteiger partial charge in [0.25, 0.3) is 0 Å². The summed E-state index contributed by atoms with van der Waals surface area (Å²) in [5.41, 5.74) is 3.39. The monoisotopic (exact) mass is 535 g/mol. The summed E-state index contributed by atoms with van der Waals surface area (Å²) < 4.78 is 32.9. The van der Waals surface area contributed by atoms with E-state index in [2.05, 4.69) is 43.3 Å². The highest BCUT2D eigenvalue weighted by molar-refractivity contribution is 7.70. The Kier molecular flexibility index (Phi) is 6.23. The van der Waals surface area contributed by atoms with Crippen LogP contribution in [0.4, 0.5) is 15.9 Å². The minimum Gasteiger partial charge on any atom is -0.451 e. The summed E-state index contributed by atoms with van der Waals surface area (Å²) in [6.45, 7) is 7.78. The molecule has 6 rings (SSSR count). The highest BCUT2D eigenvalue weighted by Crippen LogP contribution is 2.44. The zero-order valence-corrected chi connectivity index (χ0v) is 22.5. The average molecular weight is 536 g/mol. The quantitative estimate of drug-likeness (QED) is 0.472. The van der Waals surface area contributed by atoms with Crippen LogP contribution in [0.5, 0.6) is 11.5 Å². The number of carbonyl (C=O) groups excluding carboxylic acids is 1. The third-order valence-corrected chi connectivity index (χ3v) is 9.35. The summed E-state index contributed by atoms with van der Waals surface area (Å²) in [7, 11) is -2.77. The van der Waals surface area contributed by atoms with Crippen LogP contribution in [-0.4, -0.2) is 60.3 Å². The molecule has 1 N–H and O–H groups in total. The van der Waals surface area contributed by atoms with Crippen molar-refractivity contribution >= 4 is 29.9 Å². The fraction of sp³-hybridized carbons (Fsp3) is 0.393. The van der Waals surface area contributed by atoms with E-state index in [1.807, 2.05) is 0 Å². The SMILES string of the molecule is CP(C)(=O)c1cc(F)ccc1Oc1cncnc1N1CCC2(CCN(Cc3ccc4c(c3)NC(=O)C4)C2)C1. The van der Waals surface area contributed by atoms with Gasteiger partial charge in [-0.15, -0.1) is 0 Å². The van der Waals surface area contributed by atoms with Gasteiger partial charge in [0.2, 0.25) is 5.91 Å². The largest absolute Gasteiger partial charge is 0.451 e. The van der Waals surface area contributed by atoms with Crippen molar-refractivity contribution in [3.63, 3.8) is 0 Å². The van der Waals surface area contributed by atoms with Gasteiger partial charge in [-0.2, -0.15) is 0 Å². The molecule has 0 bridgehead atoms. The second kappa shape index (κ2) is 9.47. The molecule has 4 heterocycles. The molecule has 3 aliphatic heterocycles. The molecule has 2 aromatic carbocycles. The number of carbonyl (C=O) groups is 1. The zero-order chi connectivity index (χ0) is 26.5. The predicted octanol–water partition coefficient (Wildman–Crippen LogP) is 4.25. The van der Waals surface area contributed by atoms with Gasteiger partial charge in [-0.1, -0.05) is 12.1 Å². The summed E-state index contributed by atoms with van der Waals surface area (Å²) in [6, 6.07) is 10.4. The molecule has 2 fully saturated rings. The number of ether oxygens (including phenoxy) is 1. The van der Waals surface area contributed by atoms with E-state index in [0.29, 0.717) is 29.0 Å². The predicted molar refractivity (Wildman–Crippen MR) is 146 cm³/mol. The third-order valence-electron chi connectivity index (χ3n) is 7.84. The fourth-order valence-electron chi connectivity index (χ4n) is 5.97. The standard InChI is InChI=1S/C28H31FN5O3P/c1-38(2,36)25-13-21(29)5-6-23(25)37-24-14-30-18-31-27(24)34-10-8-28(17-34)7-9-33(16-28)15-19-3-4-20-12-26(35)32-22(20)11-19/h3-6,11,13-14,18H,7-10,12,15-17H2,1-2H3,(H,32,35). The molecular formula is C28H31FN5O3P. The maximum atomic E-state index is 13.9. The summed E-state index contributed by atoms with van der Waals surface area (Å²) in [4.78, 5) is 25.1. The lowest BCUT2D eigenvalue weighted by Gasteiger charge is -2.26. The van der Waals surface area contributed by atoms with Gasteiger partial charge in [-0.25, -0.2) is 14.4 Å². The van der Waals surface area contributed by atoms with Crippen LogP contribution in [0, 0.1) is 11.2 Å². The van der Waals surface area contributed by atoms with Crippen LogP contribution in [0.25, 0.3) is 0 Å². The lowest BCUT2D eigenvalue weighted by atomic mass is 9.86. The topological polar surface area (TPSA) is 87.7 Å². The van der Waals surface area contributed by atoms with Gasteiger partial charge < -0.3 is 19.5 Å². The number of nitrogens with zero attached hydrogens (tertiary/aromatic N) is 4. The first-order valence-corrected chi connectivity index (χ1v) is 15.5. The van der Waals surface area contributed by atoms with Crippen LogP contribution >= 0.6 is 7.14 Å². The van der Waals surface area contributed by atoms with E-state index >= 15 is 0 Å². The summed E-state index contributed by atoms with van der Waals surface area (Å²) >= 11 is 0. The number of hydrogen-bond acceptors (Lipinski definition) is 7. The number of aromatic nitrogens is 2. The number of benzene rings is 2. The number of rotatable bonds is 6. The van der Waals surface area contributed by atoms with Gasteiger partial charge in [-0.3, -0.25) is 9.69 Å². The van der Waals surface area contributed by atoms with Crippen LogP contribution in [0.3, 0.4) is 0 Å². The minimum atomic E-state index is -2.77. The Morgan fingerprint density at radius 1 is 1.11 bits per heavy atom. The van der Waals surface area contributed by atoms with Gasteiger partial charge >= 0.3 is 0 Å². The van der Waals surface area contributed by atoms with Gasteiger partial charge in [0, 0.05) is 37.3 Å². The van der Waals surface area contributed by atoms with Crippen molar-refractivity contribution in [3.8, 4) is 11.5 Å². The second-order valence-corrected chi connectivity index (χ2v) is 14.3. The number of likely N-dealkylation sites (tertiary alicyclic amines) is 1. The van der Waals surface area contributed by atoms with Crippen LogP contribution in [0.15, 0.2) is 48.9 Å². The Balaban J connectivity index is 1.16. The molecule has 2 saturated heterocycles. The Bertz CT molecular complexity index is 1460. The molecule has 198 valence electrons. The van der Waals surface area contributed by atoms with Gasteiger partial charge in [-0.05, 0) is 68.1 Å². The second-order valence-electron chi connectivity index (χ2n) is 11.1. The highest BCUT2D eigenvalue weighted by atomic mass is 31.2. The number of amides is 1. The molecule has 1 unspecified atom stereocenters. The molecule has 8 nitrogen and oxygen atoms in total.